The molecule has 2 radical (unpaired) electrons. The van der Waals surface area contributed by atoms with Gasteiger partial charge in [-0.15, -0.1) is 0 Å². The van der Waals surface area contributed by atoms with Crippen LogP contribution in [-0.2, 0) is 19.6 Å². The molecule has 1 aliphatic rings. The molecule has 0 bridgehead atoms. The normalized spacial score (nSPS) is 16.5. The van der Waals surface area contributed by atoms with Crippen LogP contribution in [0.1, 0.15) is 40.0 Å². The van der Waals surface area contributed by atoms with Crippen LogP contribution in [0, 0.1) is 12.5 Å². The Morgan fingerprint density at radius 2 is 1.33 bits per heavy atom. The second kappa shape index (κ2) is 10.6. The van der Waals surface area contributed by atoms with Crippen molar-refractivity contribution >= 4 is 11.9 Å². The molecular formula is C22H22O8. The molecule has 2 aromatic carbocycles. The summed E-state index contributed by atoms with van der Waals surface area (Å²) in [6.07, 6.45) is 3.31. The summed E-state index contributed by atoms with van der Waals surface area (Å²) in [5, 5.41) is 0. The number of carbonyl (C=O) groups excluding carboxylic acids is 2. The molecule has 0 aromatic heterocycles. The largest absolute Gasteiger partial charge is 0.497 e. The van der Waals surface area contributed by atoms with E-state index < -0.39 is 18.0 Å². The lowest BCUT2D eigenvalue weighted by atomic mass is 9.95. The monoisotopic (exact) mass is 414 g/mol. The van der Waals surface area contributed by atoms with Gasteiger partial charge in [-0.1, -0.05) is 0 Å². The van der Waals surface area contributed by atoms with Gasteiger partial charge >= 0.3 is 11.9 Å². The molecule has 2 aromatic rings. The molecule has 1 fully saturated rings. The average molecular weight is 414 g/mol. The van der Waals surface area contributed by atoms with Gasteiger partial charge < -0.3 is 9.47 Å². The first kappa shape index (κ1) is 21.6. The number of rotatable bonds is 8. The molecule has 158 valence electrons. The fourth-order valence-corrected chi connectivity index (χ4v) is 2.74. The van der Waals surface area contributed by atoms with E-state index in [2.05, 4.69) is 0 Å². The van der Waals surface area contributed by atoms with E-state index in [-0.39, 0.29) is 0 Å². The predicted molar refractivity (Wildman–Crippen MR) is 104 cm³/mol. The van der Waals surface area contributed by atoms with E-state index in [9.17, 15) is 9.59 Å². The lowest BCUT2D eigenvalue weighted by Gasteiger charge is -2.26. The number of methoxy groups -OCH3 is 2. The van der Waals surface area contributed by atoms with Crippen molar-refractivity contribution < 1.29 is 38.6 Å². The number of ether oxygens (including phenoxy) is 2. The maximum absolute atomic E-state index is 12.2. The van der Waals surface area contributed by atoms with E-state index >= 15 is 0 Å². The van der Waals surface area contributed by atoms with Gasteiger partial charge in [0, 0.05) is 0 Å². The minimum absolute atomic E-state index is 0.308. The highest BCUT2D eigenvalue weighted by atomic mass is 17.2. The van der Waals surface area contributed by atoms with Crippen LogP contribution in [0.2, 0.25) is 0 Å². The van der Waals surface area contributed by atoms with Crippen LogP contribution in [0.15, 0.2) is 48.5 Å². The van der Waals surface area contributed by atoms with Gasteiger partial charge in [0.2, 0.25) is 0 Å². The van der Waals surface area contributed by atoms with Crippen molar-refractivity contribution in [2.75, 3.05) is 14.2 Å². The van der Waals surface area contributed by atoms with Crippen LogP contribution in [0.3, 0.4) is 0 Å². The summed E-state index contributed by atoms with van der Waals surface area (Å²) >= 11 is 0. The second-order valence-electron chi connectivity index (χ2n) is 6.40. The number of benzene rings is 2. The van der Waals surface area contributed by atoms with Gasteiger partial charge in [-0.3, -0.25) is 9.78 Å². The standard InChI is InChI=1S/C22H22O8/c1-25-17-11-7-15(8-12-17)21(23)29-27-19-5-3-4-6-20(19)28-30-22(24)16-9-13-18(26-2)14-10-16/h3,7-14,19H,4-6H2,1-2H3. The molecule has 1 saturated carbocycles. The number of hydrogen-bond acceptors (Lipinski definition) is 8. The Balaban J connectivity index is 1.51. The fraction of sp³-hybridized carbons (Fsp3) is 0.273. The maximum atomic E-state index is 12.2. The van der Waals surface area contributed by atoms with E-state index in [1.807, 2.05) is 6.42 Å². The smallest absolute Gasteiger partial charge is 0.373 e. The third-order valence-corrected chi connectivity index (χ3v) is 4.45. The quantitative estimate of drug-likeness (QED) is 0.475. The Labute approximate surface area is 174 Å². The van der Waals surface area contributed by atoms with Crippen LogP contribution in [0.25, 0.3) is 0 Å². The minimum atomic E-state index is -0.676. The Kier molecular flexibility index (Phi) is 7.64. The molecule has 1 atom stereocenters. The van der Waals surface area contributed by atoms with Gasteiger partial charge in [0.05, 0.1) is 25.3 Å². The number of carbonyl (C=O) groups is 2. The van der Waals surface area contributed by atoms with Crippen LogP contribution >= 0.6 is 0 Å². The van der Waals surface area contributed by atoms with E-state index in [0.717, 1.165) is 6.42 Å². The molecule has 8 heteroatoms. The lowest BCUT2D eigenvalue weighted by Crippen LogP contribution is -2.30. The summed E-state index contributed by atoms with van der Waals surface area (Å²) in [5.41, 5.74) is 0.617. The summed E-state index contributed by atoms with van der Waals surface area (Å²) in [7, 11) is 3.07. The summed E-state index contributed by atoms with van der Waals surface area (Å²) in [5.74, 6) is -0.0691. The first-order chi connectivity index (χ1) is 14.6. The first-order valence-corrected chi connectivity index (χ1v) is 9.32. The number of hydrogen-bond donors (Lipinski definition) is 0. The van der Waals surface area contributed by atoms with Crippen molar-refractivity contribution in [3.05, 3.63) is 72.2 Å². The Bertz CT molecular complexity index is 760. The molecule has 8 nitrogen and oxygen atoms in total. The molecule has 1 aliphatic carbocycles. The third kappa shape index (κ3) is 5.71. The molecular weight excluding hydrogens is 392 g/mol. The molecule has 3 rings (SSSR count). The van der Waals surface area contributed by atoms with Crippen molar-refractivity contribution in [1.29, 1.82) is 0 Å². The zero-order valence-electron chi connectivity index (χ0n) is 16.7. The zero-order chi connectivity index (χ0) is 21.3. The molecule has 1 unspecified atom stereocenters. The fourth-order valence-electron chi connectivity index (χ4n) is 2.74. The first-order valence-electron chi connectivity index (χ1n) is 9.32. The van der Waals surface area contributed by atoms with Crippen LogP contribution in [0.5, 0.6) is 11.5 Å². The van der Waals surface area contributed by atoms with Gasteiger partial charge in [0.15, 0.2) is 6.10 Å². The van der Waals surface area contributed by atoms with E-state index in [4.69, 9.17) is 29.0 Å². The highest BCUT2D eigenvalue weighted by molar-refractivity contribution is 5.89. The average Bonchev–Trinajstić information content (AvgIpc) is 2.81. The Morgan fingerprint density at radius 1 is 0.800 bits per heavy atom. The van der Waals surface area contributed by atoms with Gasteiger partial charge in [-0.2, -0.15) is 9.78 Å². The molecule has 0 saturated heterocycles. The molecule has 0 heterocycles. The lowest BCUT2D eigenvalue weighted by molar-refractivity contribution is -0.317. The zero-order valence-corrected chi connectivity index (χ0v) is 16.7. The van der Waals surface area contributed by atoms with Crippen LogP contribution in [-0.4, -0.2) is 32.3 Å². The van der Waals surface area contributed by atoms with Crippen LogP contribution < -0.4 is 9.47 Å². The maximum Gasteiger partial charge on any atom is 0.373 e. The highest BCUT2D eigenvalue weighted by Crippen LogP contribution is 2.30. The van der Waals surface area contributed by atoms with E-state index in [1.54, 1.807) is 48.5 Å². The van der Waals surface area contributed by atoms with Gasteiger partial charge in [-0.05, 0) is 74.2 Å². The molecule has 30 heavy (non-hydrogen) atoms. The molecule has 0 N–H and O–H groups in total. The summed E-state index contributed by atoms with van der Waals surface area (Å²) in [4.78, 5) is 44.6. The SMILES string of the molecule is COc1ccc(C(=O)OO[C]2CC[CH]CC2OOC(=O)c2ccc(OC)cc2)cc1. The molecule has 0 aliphatic heterocycles. The van der Waals surface area contributed by atoms with Crippen molar-refractivity contribution in [3.63, 3.8) is 0 Å². The topological polar surface area (TPSA) is 89.5 Å². The summed E-state index contributed by atoms with van der Waals surface area (Å²) in [6, 6.07) is 12.8. The van der Waals surface area contributed by atoms with E-state index in [1.165, 1.54) is 14.2 Å². The van der Waals surface area contributed by atoms with Gasteiger partial charge in [0.1, 0.15) is 17.6 Å². The minimum Gasteiger partial charge on any atom is -0.497 e. The van der Waals surface area contributed by atoms with E-state index in [0.29, 0.717) is 41.6 Å². The molecule has 0 spiro atoms. The summed E-state index contributed by atoms with van der Waals surface area (Å²) in [6.45, 7) is 0. The molecule has 0 amide bonds. The van der Waals surface area contributed by atoms with Gasteiger partial charge in [0.25, 0.3) is 0 Å². The predicted octanol–water partition coefficient (Wildman–Crippen LogP) is 3.87. The van der Waals surface area contributed by atoms with Crippen molar-refractivity contribution in [2.45, 2.75) is 25.4 Å². The Hall–Kier alpha value is -3.10. The highest BCUT2D eigenvalue weighted by Gasteiger charge is 2.33. The van der Waals surface area contributed by atoms with Crippen molar-refractivity contribution in [2.24, 2.45) is 0 Å². The Morgan fingerprint density at radius 3 is 1.87 bits per heavy atom. The second-order valence-corrected chi connectivity index (χ2v) is 6.40. The van der Waals surface area contributed by atoms with Crippen molar-refractivity contribution in [3.8, 4) is 11.5 Å². The summed E-state index contributed by atoms with van der Waals surface area (Å²) < 4.78 is 10.1. The van der Waals surface area contributed by atoms with Gasteiger partial charge in [-0.25, -0.2) is 9.59 Å². The van der Waals surface area contributed by atoms with Crippen LogP contribution in [0.4, 0.5) is 0 Å². The van der Waals surface area contributed by atoms with Crippen molar-refractivity contribution in [1.82, 2.24) is 0 Å². The third-order valence-electron chi connectivity index (χ3n) is 4.45.